The molecule has 0 saturated heterocycles. The van der Waals surface area contributed by atoms with E-state index in [0.717, 1.165) is 11.2 Å². The van der Waals surface area contributed by atoms with Crippen molar-refractivity contribution in [2.45, 2.75) is 6.54 Å². The van der Waals surface area contributed by atoms with Gasteiger partial charge in [-0.05, 0) is 46.3 Å². The number of fused-ring (bicyclic) bond motifs is 1. The molecular weight excluding hydrogens is 310 g/mol. The van der Waals surface area contributed by atoms with Crippen molar-refractivity contribution in [3.05, 3.63) is 58.7 Å². The highest BCUT2D eigenvalue weighted by molar-refractivity contribution is 9.10. The van der Waals surface area contributed by atoms with Crippen LogP contribution in [0.15, 0.2) is 51.7 Å². The molecular formula is C13H10BrN3O2. The molecule has 1 amide bonds. The van der Waals surface area contributed by atoms with Crippen molar-refractivity contribution in [2.24, 2.45) is 0 Å². The summed E-state index contributed by atoms with van der Waals surface area (Å²) in [4.78, 5) is 11.8. The number of amides is 1. The Hall–Kier alpha value is -2.08. The van der Waals surface area contributed by atoms with E-state index in [2.05, 4.69) is 26.3 Å². The normalized spacial score (nSPS) is 10.8. The first-order valence-electron chi connectivity index (χ1n) is 5.69. The van der Waals surface area contributed by atoms with E-state index in [-0.39, 0.29) is 11.7 Å². The molecule has 19 heavy (non-hydrogen) atoms. The maximum absolute atomic E-state index is 11.8. The smallest absolute Gasteiger partial charge is 0.287 e. The summed E-state index contributed by atoms with van der Waals surface area (Å²) in [6, 6.07) is 11.0. The Morgan fingerprint density at radius 2 is 2.26 bits per heavy atom. The average Bonchev–Trinajstić information content (AvgIpc) is 3.01. The summed E-state index contributed by atoms with van der Waals surface area (Å²) in [5.74, 6) is 0.0124. The van der Waals surface area contributed by atoms with Crippen LogP contribution in [0.3, 0.4) is 0 Å². The second-order valence-corrected chi connectivity index (χ2v) is 4.77. The van der Waals surface area contributed by atoms with Gasteiger partial charge in [0.1, 0.15) is 0 Å². The van der Waals surface area contributed by atoms with E-state index in [9.17, 15) is 4.79 Å². The Bertz CT molecular complexity index is 699. The van der Waals surface area contributed by atoms with Gasteiger partial charge in [-0.2, -0.15) is 5.10 Å². The maximum Gasteiger partial charge on any atom is 0.287 e. The first-order valence-corrected chi connectivity index (χ1v) is 6.48. The molecule has 0 aliphatic rings. The number of hydrogen-bond donors (Lipinski definition) is 1. The quantitative estimate of drug-likeness (QED) is 0.807. The predicted octanol–water partition coefficient (Wildman–Crippen LogP) is 2.62. The van der Waals surface area contributed by atoms with E-state index in [4.69, 9.17) is 4.42 Å². The molecule has 0 aromatic carbocycles. The van der Waals surface area contributed by atoms with Gasteiger partial charge in [0.2, 0.25) is 0 Å². The van der Waals surface area contributed by atoms with Crippen molar-refractivity contribution in [3.8, 4) is 0 Å². The number of rotatable bonds is 3. The highest BCUT2D eigenvalue weighted by atomic mass is 79.9. The molecule has 0 bridgehead atoms. The van der Waals surface area contributed by atoms with Gasteiger partial charge in [-0.25, -0.2) is 4.52 Å². The molecule has 1 N–H and O–H groups in total. The molecule has 3 heterocycles. The van der Waals surface area contributed by atoms with E-state index < -0.39 is 0 Å². The molecule has 6 heteroatoms. The number of nitrogens with zero attached hydrogens (tertiary/aromatic N) is 2. The van der Waals surface area contributed by atoms with Crippen molar-refractivity contribution in [1.29, 1.82) is 0 Å². The van der Waals surface area contributed by atoms with Crippen LogP contribution in [-0.2, 0) is 6.54 Å². The lowest BCUT2D eigenvalue weighted by Gasteiger charge is -1.99. The van der Waals surface area contributed by atoms with Crippen LogP contribution in [0, 0.1) is 0 Å². The Morgan fingerprint density at radius 3 is 3.00 bits per heavy atom. The number of aromatic nitrogens is 2. The zero-order valence-electron chi connectivity index (χ0n) is 9.84. The van der Waals surface area contributed by atoms with Crippen LogP contribution in [0.4, 0.5) is 0 Å². The lowest BCUT2D eigenvalue weighted by molar-refractivity contribution is 0.0921. The first-order chi connectivity index (χ1) is 9.22. The summed E-state index contributed by atoms with van der Waals surface area (Å²) in [5, 5.41) is 7.11. The molecule has 0 saturated carbocycles. The topological polar surface area (TPSA) is 59.5 Å². The van der Waals surface area contributed by atoms with Gasteiger partial charge in [0.05, 0.1) is 17.8 Å². The summed E-state index contributed by atoms with van der Waals surface area (Å²) < 4.78 is 7.47. The third kappa shape index (κ3) is 2.53. The number of hydrogen-bond acceptors (Lipinski definition) is 3. The van der Waals surface area contributed by atoms with E-state index in [0.29, 0.717) is 11.2 Å². The summed E-state index contributed by atoms with van der Waals surface area (Å²) in [6.07, 6.45) is 1.87. The first kappa shape index (κ1) is 12.0. The molecule has 3 aromatic heterocycles. The number of nitrogens with one attached hydrogen (secondary N) is 1. The van der Waals surface area contributed by atoms with Gasteiger partial charge >= 0.3 is 0 Å². The van der Waals surface area contributed by atoms with Gasteiger partial charge in [-0.15, -0.1) is 0 Å². The second kappa shape index (κ2) is 4.89. The Kier molecular flexibility index (Phi) is 3.08. The summed E-state index contributed by atoms with van der Waals surface area (Å²) in [6.45, 7) is 0.360. The predicted molar refractivity (Wildman–Crippen MR) is 72.8 cm³/mol. The lowest BCUT2D eigenvalue weighted by atomic mass is 10.3. The Morgan fingerprint density at radius 1 is 1.37 bits per heavy atom. The van der Waals surface area contributed by atoms with Gasteiger partial charge in [-0.3, -0.25) is 4.79 Å². The zero-order valence-corrected chi connectivity index (χ0v) is 11.4. The fourth-order valence-electron chi connectivity index (χ4n) is 1.77. The van der Waals surface area contributed by atoms with Crippen LogP contribution >= 0.6 is 15.9 Å². The number of pyridine rings is 1. The molecule has 96 valence electrons. The molecule has 0 unspecified atom stereocenters. The fraction of sp³-hybridized carbons (Fsp3) is 0.0769. The molecule has 0 radical (unpaired) electrons. The van der Waals surface area contributed by atoms with Crippen molar-refractivity contribution in [1.82, 2.24) is 14.9 Å². The highest BCUT2D eigenvalue weighted by Gasteiger charge is 2.10. The van der Waals surface area contributed by atoms with E-state index in [1.807, 2.05) is 30.5 Å². The minimum absolute atomic E-state index is 0.261. The standard InChI is InChI=1S/C13H10BrN3O2/c14-12-5-4-11(19-12)13(18)15-8-9-7-10-3-1-2-6-17(10)16-9/h1-7H,8H2,(H,15,18). The Balaban J connectivity index is 1.70. The molecule has 0 spiro atoms. The molecule has 3 aromatic rings. The van der Waals surface area contributed by atoms with Gasteiger partial charge in [0.25, 0.3) is 5.91 Å². The summed E-state index contributed by atoms with van der Waals surface area (Å²) in [5.41, 5.74) is 1.79. The molecule has 0 fully saturated rings. The van der Waals surface area contributed by atoms with Crippen LogP contribution < -0.4 is 5.32 Å². The van der Waals surface area contributed by atoms with Gasteiger partial charge in [-0.1, -0.05) is 6.07 Å². The van der Waals surface area contributed by atoms with Gasteiger partial charge < -0.3 is 9.73 Å². The molecule has 5 nitrogen and oxygen atoms in total. The number of carbonyl (C=O) groups is 1. The van der Waals surface area contributed by atoms with Crippen LogP contribution in [0.5, 0.6) is 0 Å². The van der Waals surface area contributed by atoms with Crippen molar-refractivity contribution < 1.29 is 9.21 Å². The van der Waals surface area contributed by atoms with Crippen LogP contribution in [-0.4, -0.2) is 15.5 Å². The second-order valence-electron chi connectivity index (χ2n) is 3.99. The van der Waals surface area contributed by atoms with Crippen LogP contribution in [0.1, 0.15) is 16.2 Å². The minimum Gasteiger partial charge on any atom is -0.444 e. The third-order valence-corrected chi connectivity index (χ3v) is 3.07. The maximum atomic E-state index is 11.8. The van der Waals surface area contributed by atoms with Gasteiger partial charge in [0, 0.05) is 6.20 Å². The molecule has 0 aliphatic heterocycles. The molecule has 0 aliphatic carbocycles. The average molecular weight is 320 g/mol. The molecule has 0 atom stereocenters. The Labute approximate surface area is 117 Å². The summed E-state index contributed by atoms with van der Waals surface area (Å²) >= 11 is 3.16. The molecule has 3 rings (SSSR count). The largest absolute Gasteiger partial charge is 0.444 e. The van der Waals surface area contributed by atoms with Crippen molar-refractivity contribution >= 4 is 27.4 Å². The van der Waals surface area contributed by atoms with Gasteiger partial charge in [0.15, 0.2) is 10.4 Å². The third-order valence-electron chi connectivity index (χ3n) is 2.65. The zero-order chi connectivity index (χ0) is 13.2. The van der Waals surface area contributed by atoms with E-state index in [1.165, 1.54) is 0 Å². The number of halogens is 1. The minimum atomic E-state index is -0.261. The summed E-state index contributed by atoms with van der Waals surface area (Å²) in [7, 11) is 0. The lowest BCUT2D eigenvalue weighted by Crippen LogP contribution is -2.22. The monoisotopic (exact) mass is 319 g/mol. The van der Waals surface area contributed by atoms with E-state index in [1.54, 1.807) is 16.6 Å². The van der Waals surface area contributed by atoms with Crippen LogP contribution in [0.25, 0.3) is 5.52 Å². The van der Waals surface area contributed by atoms with Crippen LogP contribution in [0.2, 0.25) is 0 Å². The number of furan rings is 1. The van der Waals surface area contributed by atoms with E-state index >= 15 is 0 Å². The number of carbonyl (C=O) groups excluding carboxylic acids is 1. The SMILES string of the molecule is O=C(NCc1cc2ccccn2n1)c1ccc(Br)o1. The van der Waals surface area contributed by atoms with Crippen molar-refractivity contribution in [3.63, 3.8) is 0 Å². The fourth-order valence-corrected chi connectivity index (χ4v) is 2.08. The highest BCUT2D eigenvalue weighted by Crippen LogP contribution is 2.14. The van der Waals surface area contributed by atoms with Crippen molar-refractivity contribution in [2.75, 3.05) is 0 Å².